The zero-order valence-electron chi connectivity index (χ0n) is 11.4. The lowest BCUT2D eigenvalue weighted by atomic mass is 9.78. The summed E-state index contributed by atoms with van der Waals surface area (Å²) in [5, 5.41) is 2.82. The maximum Gasteiger partial charge on any atom is 0.406 e. The van der Waals surface area contributed by atoms with Gasteiger partial charge in [0.05, 0.1) is 7.11 Å². The number of fused-ring (bicyclic) bond motifs is 2. The van der Waals surface area contributed by atoms with Gasteiger partial charge in [0.15, 0.2) is 0 Å². The lowest BCUT2D eigenvalue weighted by molar-refractivity contribution is 0.170. The Kier molecular flexibility index (Phi) is 3.42. The van der Waals surface area contributed by atoms with E-state index in [0.717, 1.165) is 6.42 Å². The summed E-state index contributed by atoms with van der Waals surface area (Å²) >= 11 is 0. The van der Waals surface area contributed by atoms with Gasteiger partial charge in [0, 0.05) is 12.5 Å². The van der Waals surface area contributed by atoms with Gasteiger partial charge in [0.25, 0.3) is 0 Å². The molecular weight excluding hydrogens is 250 g/mol. The van der Waals surface area contributed by atoms with Gasteiger partial charge in [-0.05, 0) is 28.7 Å². The third-order valence-electron chi connectivity index (χ3n) is 3.88. The van der Waals surface area contributed by atoms with E-state index in [-0.39, 0.29) is 12.0 Å². The molecule has 1 amide bonds. The van der Waals surface area contributed by atoms with E-state index < -0.39 is 0 Å². The van der Waals surface area contributed by atoms with Crippen molar-refractivity contribution in [1.29, 1.82) is 0 Å². The minimum atomic E-state index is -0.384. The number of nitrogens with one attached hydrogen (secondary N) is 1. The van der Waals surface area contributed by atoms with Crippen molar-refractivity contribution < 1.29 is 9.53 Å². The normalized spacial score (nSPS) is 13.2. The number of rotatable bonds is 2. The maximum atomic E-state index is 11.3. The molecule has 0 radical (unpaired) electrons. The molecule has 3 nitrogen and oxygen atoms in total. The first-order valence-corrected chi connectivity index (χ1v) is 6.77. The number of alkyl carbamates (subject to hydrolysis) is 1. The molecule has 1 N–H and O–H groups in total. The molecule has 0 saturated heterocycles. The van der Waals surface area contributed by atoms with Gasteiger partial charge in [0.2, 0.25) is 0 Å². The summed E-state index contributed by atoms with van der Waals surface area (Å²) in [7, 11) is 1.39. The number of hydrogen-bond acceptors (Lipinski definition) is 2. The quantitative estimate of drug-likeness (QED) is 0.908. The molecular formula is C17H17NO2. The number of hydrogen-bond donors (Lipinski definition) is 1. The van der Waals surface area contributed by atoms with Crippen molar-refractivity contribution in [2.45, 2.75) is 12.3 Å². The molecule has 0 aliphatic heterocycles. The highest BCUT2D eigenvalue weighted by Crippen LogP contribution is 2.35. The largest absolute Gasteiger partial charge is 0.453 e. The smallest absolute Gasteiger partial charge is 0.406 e. The molecule has 2 aromatic carbocycles. The number of ether oxygens (including phenoxy) is 1. The Hall–Kier alpha value is -2.29. The Labute approximate surface area is 118 Å². The number of methoxy groups -OCH3 is 1. The van der Waals surface area contributed by atoms with E-state index in [0.29, 0.717) is 6.54 Å². The van der Waals surface area contributed by atoms with Gasteiger partial charge in [-0.25, -0.2) is 4.79 Å². The predicted molar refractivity (Wildman–Crippen MR) is 77.9 cm³/mol. The summed E-state index contributed by atoms with van der Waals surface area (Å²) in [4.78, 5) is 11.3. The van der Waals surface area contributed by atoms with E-state index in [2.05, 4.69) is 58.6 Å². The van der Waals surface area contributed by atoms with Gasteiger partial charge in [0.1, 0.15) is 0 Å². The Morgan fingerprint density at radius 2 is 1.65 bits per heavy atom. The van der Waals surface area contributed by atoms with Crippen molar-refractivity contribution in [3.05, 3.63) is 70.8 Å². The molecule has 0 unspecified atom stereocenters. The number of carbonyl (C=O) groups is 1. The van der Waals surface area contributed by atoms with Gasteiger partial charge in [-0.3, -0.25) is 0 Å². The van der Waals surface area contributed by atoms with Gasteiger partial charge in [-0.1, -0.05) is 48.5 Å². The maximum absolute atomic E-state index is 11.3. The van der Waals surface area contributed by atoms with E-state index in [1.165, 1.54) is 29.4 Å². The zero-order valence-corrected chi connectivity index (χ0v) is 11.4. The van der Waals surface area contributed by atoms with Crippen LogP contribution in [0.2, 0.25) is 0 Å². The summed E-state index contributed by atoms with van der Waals surface area (Å²) < 4.78 is 4.67. The fourth-order valence-corrected chi connectivity index (χ4v) is 2.92. The number of carbonyl (C=O) groups excluding carboxylic acids is 1. The molecule has 0 fully saturated rings. The summed E-state index contributed by atoms with van der Waals surface area (Å²) in [6, 6.07) is 16.9. The van der Waals surface area contributed by atoms with Crippen LogP contribution in [-0.4, -0.2) is 19.7 Å². The first-order chi connectivity index (χ1) is 9.79. The molecule has 102 valence electrons. The standard InChI is InChI=1S/C17H17NO2/c1-20-17(19)18-11-16-14-8-4-2-6-12(14)10-13-7-3-5-9-15(13)16/h2-9,16H,10-11H2,1H3,(H,18,19). The Balaban J connectivity index is 1.97. The summed E-state index contributed by atoms with van der Waals surface area (Å²) in [6.45, 7) is 0.556. The van der Waals surface area contributed by atoms with Crippen LogP contribution in [0.15, 0.2) is 48.5 Å². The van der Waals surface area contributed by atoms with Gasteiger partial charge in [-0.2, -0.15) is 0 Å². The first-order valence-electron chi connectivity index (χ1n) is 6.77. The van der Waals surface area contributed by atoms with Crippen molar-refractivity contribution in [3.8, 4) is 0 Å². The fraction of sp³-hybridized carbons (Fsp3) is 0.235. The van der Waals surface area contributed by atoms with Gasteiger partial charge in [-0.15, -0.1) is 0 Å². The van der Waals surface area contributed by atoms with Crippen LogP contribution in [0.5, 0.6) is 0 Å². The number of benzene rings is 2. The van der Waals surface area contributed by atoms with E-state index in [9.17, 15) is 4.79 Å². The molecule has 0 atom stereocenters. The lowest BCUT2D eigenvalue weighted by Crippen LogP contribution is -2.30. The molecule has 0 heterocycles. The Morgan fingerprint density at radius 1 is 1.10 bits per heavy atom. The Bertz CT molecular complexity index is 591. The molecule has 2 aromatic rings. The third kappa shape index (κ3) is 2.27. The highest BCUT2D eigenvalue weighted by Gasteiger charge is 2.25. The monoisotopic (exact) mass is 267 g/mol. The molecule has 1 aliphatic rings. The van der Waals surface area contributed by atoms with Crippen LogP contribution in [0.25, 0.3) is 0 Å². The minimum Gasteiger partial charge on any atom is -0.453 e. The van der Waals surface area contributed by atoms with E-state index in [1.54, 1.807) is 0 Å². The lowest BCUT2D eigenvalue weighted by Gasteiger charge is -2.28. The molecule has 3 rings (SSSR count). The summed E-state index contributed by atoms with van der Waals surface area (Å²) in [5.41, 5.74) is 5.26. The molecule has 0 bridgehead atoms. The van der Waals surface area contributed by atoms with E-state index in [4.69, 9.17) is 0 Å². The van der Waals surface area contributed by atoms with Crippen molar-refractivity contribution in [1.82, 2.24) is 5.32 Å². The fourth-order valence-electron chi connectivity index (χ4n) is 2.92. The molecule has 0 spiro atoms. The van der Waals surface area contributed by atoms with E-state index >= 15 is 0 Å². The average Bonchev–Trinajstić information content (AvgIpc) is 2.51. The molecule has 0 saturated carbocycles. The highest BCUT2D eigenvalue weighted by atomic mass is 16.5. The predicted octanol–water partition coefficient (Wildman–Crippen LogP) is 3.08. The second-order valence-electron chi connectivity index (χ2n) is 5.00. The van der Waals surface area contributed by atoms with Crippen LogP contribution in [0.3, 0.4) is 0 Å². The van der Waals surface area contributed by atoms with Crippen molar-refractivity contribution in [2.24, 2.45) is 0 Å². The molecule has 3 heteroatoms. The average molecular weight is 267 g/mol. The van der Waals surface area contributed by atoms with Crippen molar-refractivity contribution in [3.63, 3.8) is 0 Å². The van der Waals surface area contributed by atoms with Crippen molar-refractivity contribution >= 4 is 6.09 Å². The molecule has 20 heavy (non-hydrogen) atoms. The SMILES string of the molecule is COC(=O)NCC1c2ccccc2Cc2ccccc21. The molecule has 0 aromatic heterocycles. The summed E-state index contributed by atoms with van der Waals surface area (Å²) in [5.74, 6) is 0.190. The van der Waals surface area contributed by atoms with Crippen LogP contribution in [-0.2, 0) is 11.2 Å². The molecule has 1 aliphatic carbocycles. The Morgan fingerprint density at radius 3 is 2.20 bits per heavy atom. The van der Waals surface area contributed by atoms with Gasteiger partial charge >= 0.3 is 6.09 Å². The second kappa shape index (κ2) is 5.37. The zero-order chi connectivity index (χ0) is 13.9. The van der Waals surface area contributed by atoms with Crippen LogP contribution >= 0.6 is 0 Å². The minimum absolute atomic E-state index is 0.190. The first kappa shape index (κ1) is 12.7. The highest BCUT2D eigenvalue weighted by molar-refractivity contribution is 5.67. The van der Waals surface area contributed by atoms with Crippen molar-refractivity contribution in [2.75, 3.05) is 13.7 Å². The van der Waals surface area contributed by atoms with Crippen LogP contribution < -0.4 is 5.32 Å². The number of amides is 1. The topological polar surface area (TPSA) is 38.3 Å². The van der Waals surface area contributed by atoms with Crippen LogP contribution in [0.1, 0.15) is 28.2 Å². The van der Waals surface area contributed by atoms with E-state index in [1.807, 2.05) is 0 Å². The third-order valence-corrected chi connectivity index (χ3v) is 3.88. The van der Waals surface area contributed by atoms with Gasteiger partial charge < -0.3 is 10.1 Å². The van der Waals surface area contributed by atoms with Crippen LogP contribution in [0, 0.1) is 0 Å². The summed E-state index contributed by atoms with van der Waals surface area (Å²) in [6.07, 6.45) is 0.576. The van der Waals surface area contributed by atoms with Crippen LogP contribution in [0.4, 0.5) is 4.79 Å². The second-order valence-corrected chi connectivity index (χ2v) is 5.00.